The molecule has 0 aliphatic heterocycles. The fourth-order valence-electron chi connectivity index (χ4n) is 3.96. The molecule has 2 rings (SSSR count). The second-order valence-corrected chi connectivity index (χ2v) is 8.38. The first-order valence-corrected chi connectivity index (χ1v) is 10.7. The molecule has 1 N–H and O–H groups in total. The SMILES string of the molecule is C=C(C)C(=O)Oc1ccc(C(=O)O)cc1C(CC)c1cccc(N(C(C)C)C(C)C)c1. The van der Waals surface area contributed by atoms with Gasteiger partial charge in [0, 0.05) is 34.8 Å². The van der Waals surface area contributed by atoms with Gasteiger partial charge in [-0.1, -0.05) is 25.6 Å². The summed E-state index contributed by atoms with van der Waals surface area (Å²) in [6.45, 7) is 15.9. The normalized spacial score (nSPS) is 12.0. The third kappa shape index (κ3) is 5.75. The predicted molar refractivity (Wildman–Crippen MR) is 125 cm³/mol. The van der Waals surface area contributed by atoms with Gasteiger partial charge < -0.3 is 14.7 Å². The van der Waals surface area contributed by atoms with Gasteiger partial charge in [0.25, 0.3) is 0 Å². The molecule has 0 fully saturated rings. The number of hydrogen-bond donors (Lipinski definition) is 1. The average molecular weight is 424 g/mol. The maximum absolute atomic E-state index is 12.2. The van der Waals surface area contributed by atoms with Crippen molar-refractivity contribution in [1.82, 2.24) is 0 Å². The highest BCUT2D eigenvalue weighted by Gasteiger charge is 2.22. The standard InChI is InChI=1S/C26H33NO4/c1-8-22(19-10-9-11-21(14-19)27(17(4)5)18(6)7)23-15-20(25(28)29)12-13-24(23)31-26(30)16(2)3/h9-15,17-18,22H,2,8H2,1,3-7H3,(H,28,29). The van der Waals surface area contributed by atoms with Crippen molar-refractivity contribution in [2.45, 2.75) is 66.0 Å². The predicted octanol–water partition coefficient (Wildman–Crippen LogP) is 6.03. The summed E-state index contributed by atoms with van der Waals surface area (Å²) in [6, 6.07) is 13.6. The minimum absolute atomic E-state index is 0.131. The molecule has 0 aliphatic rings. The number of aromatic carboxylic acids is 1. The van der Waals surface area contributed by atoms with Crippen LogP contribution < -0.4 is 9.64 Å². The Kier molecular flexibility index (Phi) is 8.03. The molecule has 1 unspecified atom stereocenters. The maximum atomic E-state index is 12.2. The molecule has 0 bridgehead atoms. The number of ether oxygens (including phenoxy) is 1. The number of carboxylic acid groups (broad SMARTS) is 1. The lowest BCUT2D eigenvalue weighted by atomic mass is 9.87. The molecule has 1 atom stereocenters. The summed E-state index contributed by atoms with van der Waals surface area (Å²) in [5.41, 5.74) is 3.27. The number of carbonyl (C=O) groups is 2. The van der Waals surface area contributed by atoms with Crippen molar-refractivity contribution in [3.8, 4) is 5.75 Å². The number of benzene rings is 2. The van der Waals surface area contributed by atoms with Crippen molar-refractivity contribution in [3.63, 3.8) is 0 Å². The van der Waals surface area contributed by atoms with E-state index >= 15 is 0 Å². The van der Waals surface area contributed by atoms with E-state index in [0.29, 0.717) is 29.8 Å². The Balaban J connectivity index is 2.60. The van der Waals surface area contributed by atoms with E-state index in [0.717, 1.165) is 11.3 Å². The molecule has 5 heteroatoms. The molecule has 0 spiro atoms. The molecule has 5 nitrogen and oxygen atoms in total. The summed E-state index contributed by atoms with van der Waals surface area (Å²) in [4.78, 5) is 26.1. The van der Waals surface area contributed by atoms with Crippen molar-refractivity contribution in [1.29, 1.82) is 0 Å². The Morgan fingerprint density at radius 2 is 1.71 bits per heavy atom. The summed E-state index contributed by atoms with van der Waals surface area (Å²) in [7, 11) is 0. The van der Waals surface area contributed by atoms with Gasteiger partial charge in [-0.05, 0) is 76.9 Å². The summed E-state index contributed by atoms with van der Waals surface area (Å²) < 4.78 is 5.56. The van der Waals surface area contributed by atoms with Crippen molar-refractivity contribution in [2.24, 2.45) is 0 Å². The number of anilines is 1. The van der Waals surface area contributed by atoms with E-state index in [2.05, 4.69) is 51.3 Å². The van der Waals surface area contributed by atoms with E-state index in [4.69, 9.17) is 4.74 Å². The number of esters is 1. The van der Waals surface area contributed by atoms with Gasteiger partial charge >= 0.3 is 11.9 Å². The molecular weight excluding hydrogens is 390 g/mol. The van der Waals surface area contributed by atoms with Gasteiger partial charge in [-0.15, -0.1) is 0 Å². The van der Waals surface area contributed by atoms with Crippen LogP contribution >= 0.6 is 0 Å². The zero-order chi connectivity index (χ0) is 23.3. The highest BCUT2D eigenvalue weighted by molar-refractivity contribution is 5.90. The summed E-state index contributed by atoms with van der Waals surface area (Å²) >= 11 is 0. The first-order valence-electron chi connectivity index (χ1n) is 10.7. The highest BCUT2D eigenvalue weighted by atomic mass is 16.5. The first kappa shape index (κ1) is 24.2. The molecule has 31 heavy (non-hydrogen) atoms. The van der Waals surface area contributed by atoms with Crippen LogP contribution in [0.4, 0.5) is 5.69 Å². The summed E-state index contributed by atoms with van der Waals surface area (Å²) in [6.07, 6.45) is 0.716. The Labute approximate surface area is 185 Å². The van der Waals surface area contributed by atoms with Crippen LogP contribution in [-0.2, 0) is 4.79 Å². The smallest absolute Gasteiger partial charge is 0.338 e. The van der Waals surface area contributed by atoms with Crippen LogP contribution in [0.2, 0.25) is 0 Å². The lowest BCUT2D eigenvalue weighted by molar-refractivity contribution is -0.130. The van der Waals surface area contributed by atoms with E-state index in [1.165, 1.54) is 6.07 Å². The molecule has 0 saturated carbocycles. The van der Waals surface area contributed by atoms with Crippen LogP contribution in [-0.4, -0.2) is 29.1 Å². The number of rotatable bonds is 9. The minimum Gasteiger partial charge on any atom is -0.478 e. The zero-order valence-electron chi connectivity index (χ0n) is 19.3. The van der Waals surface area contributed by atoms with Crippen LogP contribution in [0, 0.1) is 0 Å². The van der Waals surface area contributed by atoms with Gasteiger partial charge in [-0.2, -0.15) is 0 Å². The van der Waals surface area contributed by atoms with Gasteiger partial charge in [0.2, 0.25) is 0 Å². The summed E-state index contributed by atoms with van der Waals surface area (Å²) in [5.74, 6) is -1.32. The van der Waals surface area contributed by atoms with Crippen LogP contribution in [0.15, 0.2) is 54.6 Å². The van der Waals surface area contributed by atoms with Crippen LogP contribution in [0.1, 0.15) is 75.4 Å². The van der Waals surface area contributed by atoms with Crippen LogP contribution in [0.5, 0.6) is 5.75 Å². The number of hydrogen-bond acceptors (Lipinski definition) is 4. The van der Waals surface area contributed by atoms with Gasteiger partial charge in [-0.25, -0.2) is 9.59 Å². The Hall–Kier alpha value is -3.08. The van der Waals surface area contributed by atoms with E-state index in [1.807, 2.05) is 19.1 Å². The maximum Gasteiger partial charge on any atom is 0.338 e. The lowest BCUT2D eigenvalue weighted by Crippen LogP contribution is -2.37. The fourth-order valence-corrected chi connectivity index (χ4v) is 3.96. The molecule has 2 aromatic carbocycles. The Morgan fingerprint density at radius 3 is 2.23 bits per heavy atom. The lowest BCUT2D eigenvalue weighted by Gasteiger charge is -2.34. The topological polar surface area (TPSA) is 66.8 Å². The molecule has 0 amide bonds. The zero-order valence-corrected chi connectivity index (χ0v) is 19.3. The quantitative estimate of drug-likeness (QED) is 0.303. The van der Waals surface area contributed by atoms with E-state index < -0.39 is 11.9 Å². The first-order chi connectivity index (χ1) is 14.6. The molecule has 166 valence electrons. The van der Waals surface area contributed by atoms with Crippen molar-refractivity contribution in [2.75, 3.05) is 4.90 Å². The summed E-state index contributed by atoms with van der Waals surface area (Å²) in [5, 5.41) is 9.51. The molecule has 0 aliphatic carbocycles. The molecule has 0 heterocycles. The van der Waals surface area contributed by atoms with Gasteiger partial charge in [0.1, 0.15) is 5.75 Å². The Morgan fingerprint density at radius 1 is 1.06 bits per heavy atom. The van der Waals surface area contributed by atoms with Crippen molar-refractivity contribution in [3.05, 3.63) is 71.3 Å². The average Bonchev–Trinajstić information content (AvgIpc) is 2.69. The molecule has 0 aromatic heterocycles. The third-order valence-electron chi connectivity index (χ3n) is 5.27. The third-order valence-corrected chi connectivity index (χ3v) is 5.27. The second-order valence-electron chi connectivity index (χ2n) is 8.38. The number of carboxylic acids is 1. The Bertz CT molecular complexity index is 954. The largest absolute Gasteiger partial charge is 0.478 e. The molecular formula is C26H33NO4. The van der Waals surface area contributed by atoms with Crippen molar-refractivity contribution < 1.29 is 19.4 Å². The van der Waals surface area contributed by atoms with Gasteiger partial charge in [0.15, 0.2) is 0 Å². The van der Waals surface area contributed by atoms with Crippen LogP contribution in [0.25, 0.3) is 0 Å². The highest BCUT2D eigenvalue weighted by Crippen LogP contribution is 2.37. The number of nitrogens with zero attached hydrogens (tertiary/aromatic N) is 1. The van der Waals surface area contributed by atoms with Gasteiger partial charge in [-0.3, -0.25) is 0 Å². The number of carbonyl (C=O) groups excluding carboxylic acids is 1. The van der Waals surface area contributed by atoms with E-state index in [1.54, 1.807) is 19.1 Å². The second kappa shape index (κ2) is 10.3. The van der Waals surface area contributed by atoms with Crippen molar-refractivity contribution >= 4 is 17.6 Å². The molecule has 0 saturated heterocycles. The fraction of sp³-hybridized carbons (Fsp3) is 0.385. The molecule has 2 aromatic rings. The van der Waals surface area contributed by atoms with E-state index in [9.17, 15) is 14.7 Å². The minimum atomic E-state index is -1.02. The monoisotopic (exact) mass is 423 g/mol. The van der Waals surface area contributed by atoms with Crippen LogP contribution in [0.3, 0.4) is 0 Å². The van der Waals surface area contributed by atoms with Gasteiger partial charge in [0.05, 0.1) is 5.56 Å². The molecule has 0 radical (unpaired) electrons. The van der Waals surface area contributed by atoms with E-state index in [-0.39, 0.29) is 17.1 Å².